The molecule has 1 fully saturated rings. The van der Waals surface area contributed by atoms with Crippen molar-refractivity contribution in [3.05, 3.63) is 40.1 Å². The Morgan fingerprint density at radius 1 is 1.27 bits per heavy atom. The van der Waals surface area contributed by atoms with Crippen molar-refractivity contribution >= 4 is 11.5 Å². The number of benzene rings is 1. The van der Waals surface area contributed by atoms with Crippen LogP contribution in [0.4, 0.5) is 0 Å². The van der Waals surface area contributed by atoms with Gasteiger partial charge in [-0.15, -0.1) is 6.42 Å². The van der Waals surface area contributed by atoms with Gasteiger partial charge in [0, 0.05) is 12.7 Å². The van der Waals surface area contributed by atoms with Crippen molar-refractivity contribution in [1.29, 1.82) is 0 Å². The fourth-order valence-electron chi connectivity index (χ4n) is 4.33. The molecular weight excluding hydrogens is 326 g/mol. The summed E-state index contributed by atoms with van der Waals surface area (Å²) in [4.78, 5) is 12.9. The van der Waals surface area contributed by atoms with Crippen molar-refractivity contribution in [1.82, 2.24) is 5.32 Å². The van der Waals surface area contributed by atoms with Crippen molar-refractivity contribution in [3.8, 4) is 12.3 Å². The average Bonchev–Trinajstić information content (AvgIpc) is 2.90. The first-order valence-corrected chi connectivity index (χ1v) is 9.41. The molecule has 1 aromatic rings. The van der Waals surface area contributed by atoms with Crippen LogP contribution in [0.3, 0.4) is 0 Å². The summed E-state index contributed by atoms with van der Waals surface area (Å²) in [5, 5.41) is 14.2. The van der Waals surface area contributed by atoms with Crippen molar-refractivity contribution < 1.29 is 14.6 Å². The van der Waals surface area contributed by atoms with Crippen LogP contribution in [0, 0.1) is 12.3 Å². The van der Waals surface area contributed by atoms with Crippen LogP contribution in [0.5, 0.6) is 0 Å². The van der Waals surface area contributed by atoms with E-state index in [1.54, 1.807) is 7.11 Å². The van der Waals surface area contributed by atoms with Crippen LogP contribution in [0.1, 0.15) is 61.8 Å². The van der Waals surface area contributed by atoms with Gasteiger partial charge in [-0.05, 0) is 67.3 Å². The molecule has 3 rings (SSSR count). The van der Waals surface area contributed by atoms with E-state index in [0.29, 0.717) is 18.4 Å². The third kappa shape index (κ3) is 2.91. The molecule has 138 valence electrons. The molecule has 4 nitrogen and oxygen atoms in total. The van der Waals surface area contributed by atoms with E-state index in [1.165, 1.54) is 0 Å². The van der Waals surface area contributed by atoms with E-state index in [0.717, 1.165) is 47.9 Å². The number of hydrogen-bond donors (Lipinski definition) is 2. The molecule has 26 heavy (non-hydrogen) atoms. The van der Waals surface area contributed by atoms with E-state index >= 15 is 0 Å². The number of terminal acetylenes is 1. The number of nitrogens with one attached hydrogen (secondary N) is 1. The first-order valence-electron chi connectivity index (χ1n) is 9.41. The van der Waals surface area contributed by atoms with Crippen molar-refractivity contribution in [2.24, 2.45) is 0 Å². The predicted octanol–water partition coefficient (Wildman–Crippen LogP) is 3.52. The molecule has 1 aliphatic heterocycles. The Hall–Kier alpha value is -2.25. The van der Waals surface area contributed by atoms with Gasteiger partial charge < -0.3 is 15.2 Å². The fourth-order valence-corrected chi connectivity index (χ4v) is 4.33. The van der Waals surface area contributed by atoms with Gasteiger partial charge in [-0.2, -0.15) is 0 Å². The van der Waals surface area contributed by atoms with Crippen LogP contribution < -0.4 is 5.32 Å². The van der Waals surface area contributed by atoms with Gasteiger partial charge in [-0.1, -0.05) is 19.8 Å². The molecule has 1 amide bonds. The third-order valence-electron chi connectivity index (χ3n) is 5.87. The monoisotopic (exact) mass is 353 g/mol. The molecule has 1 aromatic carbocycles. The second-order valence-electron chi connectivity index (χ2n) is 7.22. The summed E-state index contributed by atoms with van der Waals surface area (Å²) >= 11 is 0. The van der Waals surface area contributed by atoms with Crippen LogP contribution in [0.15, 0.2) is 17.9 Å². The Morgan fingerprint density at radius 2 is 1.85 bits per heavy atom. The van der Waals surface area contributed by atoms with Crippen LogP contribution in [0.2, 0.25) is 0 Å². The smallest absolute Gasteiger partial charge is 0.256 e. The van der Waals surface area contributed by atoms with Gasteiger partial charge in [0.15, 0.2) is 0 Å². The quantitative estimate of drug-likeness (QED) is 0.814. The van der Waals surface area contributed by atoms with E-state index in [4.69, 9.17) is 11.2 Å². The molecule has 0 radical (unpaired) electrons. The van der Waals surface area contributed by atoms with Gasteiger partial charge in [0.05, 0.1) is 17.2 Å². The molecule has 4 heteroatoms. The number of carbonyl (C=O) groups is 1. The molecule has 1 aliphatic carbocycles. The summed E-state index contributed by atoms with van der Waals surface area (Å²) in [6.07, 6.45) is 10.3. The number of aliphatic hydroxyl groups excluding tert-OH is 1. The Balaban J connectivity index is 2.11. The number of aryl methyl sites for hydroxylation is 2. The lowest BCUT2D eigenvalue weighted by molar-refractivity contribution is -0.116. The molecule has 0 saturated heterocycles. The van der Waals surface area contributed by atoms with E-state index in [-0.39, 0.29) is 17.8 Å². The summed E-state index contributed by atoms with van der Waals surface area (Å²) in [7, 11) is 1.71. The Kier molecular flexibility index (Phi) is 5.11. The topological polar surface area (TPSA) is 58.6 Å². The van der Waals surface area contributed by atoms with Gasteiger partial charge in [0.25, 0.3) is 5.91 Å². The lowest BCUT2D eigenvalue weighted by atomic mass is 9.78. The van der Waals surface area contributed by atoms with Gasteiger partial charge in [0.1, 0.15) is 5.76 Å². The van der Waals surface area contributed by atoms with Crippen molar-refractivity contribution in [2.45, 2.75) is 64.0 Å². The second-order valence-corrected chi connectivity index (χ2v) is 7.22. The zero-order valence-corrected chi connectivity index (χ0v) is 15.8. The fraction of sp³-hybridized carbons (Fsp3) is 0.500. The summed E-state index contributed by atoms with van der Waals surface area (Å²) < 4.78 is 5.44. The molecule has 0 aromatic heterocycles. The Bertz CT molecular complexity index is 767. The highest BCUT2D eigenvalue weighted by molar-refractivity contribution is 6.24. The van der Waals surface area contributed by atoms with Crippen LogP contribution >= 0.6 is 0 Å². The molecule has 0 atom stereocenters. The highest BCUT2D eigenvalue weighted by Crippen LogP contribution is 2.43. The third-order valence-corrected chi connectivity index (χ3v) is 5.87. The number of rotatable bonds is 4. The molecule has 2 N–H and O–H groups in total. The van der Waals surface area contributed by atoms with E-state index in [2.05, 4.69) is 11.2 Å². The summed E-state index contributed by atoms with van der Waals surface area (Å²) in [6, 6.07) is 3.91. The first-order chi connectivity index (χ1) is 12.5. The molecule has 1 spiro atoms. The molecule has 1 heterocycles. The highest BCUT2D eigenvalue weighted by Gasteiger charge is 2.48. The number of aliphatic hydroxyl groups is 1. The summed E-state index contributed by atoms with van der Waals surface area (Å²) in [5.74, 6) is 2.70. The number of amides is 1. The molecule has 1 saturated carbocycles. The van der Waals surface area contributed by atoms with Crippen LogP contribution in [-0.4, -0.2) is 29.8 Å². The first kappa shape index (κ1) is 18.5. The standard InChI is InChI=1S/C22H27NO3/c1-5-14-12-15(6-2)18(16(7-3)13-14)19-20(24)22(23-21(19)25)10-8-17(26-4)9-11-22/h1,12-13,17,24H,6-11H2,2-4H3,(H,23,25). The summed E-state index contributed by atoms with van der Waals surface area (Å²) in [5.41, 5.74) is 3.47. The largest absolute Gasteiger partial charge is 0.509 e. The highest BCUT2D eigenvalue weighted by atomic mass is 16.5. The van der Waals surface area contributed by atoms with E-state index < -0.39 is 5.54 Å². The van der Waals surface area contributed by atoms with Crippen LogP contribution in [-0.2, 0) is 22.4 Å². The normalized spacial score (nSPS) is 25.5. The Morgan fingerprint density at radius 3 is 2.31 bits per heavy atom. The minimum absolute atomic E-state index is 0.184. The maximum absolute atomic E-state index is 12.9. The lowest BCUT2D eigenvalue weighted by Gasteiger charge is -2.36. The van der Waals surface area contributed by atoms with Crippen LogP contribution in [0.25, 0.3) is 5.57 Å². The van der Waals surface area contributed by atoms with Gasteiger partial charge in [0.2, 0.25) is 0 Å². The maximum Gasteiger partial charge on any atom is 0.256 e. The Labute approximate surface area is 155 Å². The van der Waals surface area contributed by atoms with Crippen molar-refractivity contribution in [2.75, 3.05) is 7.11 Å². The minimum atomic E-state index is -0.651. The number of carbonyl (C=O) groups excluding carboxylic acids is 1. The van der Waals surface area contributed by atoms with Gasteiger partial charge >= 0.3 is 0 Å². The number of ether oxygens (including phenoxy) is 1. The molecule has 0 bridgehead atoms. The molecule has 0 unspecified atom stereocenters. The number of hydrogen-bond acceptors (Lipinski definition) is 3. The zero-order valence-electron chi connectivity index (χ0n) is 15.8. The maximum atomic E-state index is 12.9. The predicted molar refractivity (Wildman–Crippen MR) is 103 cm³/mol. The minimum Gasteiger partial charge on any atom is -0.509 e. The van der Waals surface area contributed by atoms with Crippen molar-refractivity contribution in [3.63, 3.8) is 0 Å². The average molecular weight is 353 g/mol. The van der Waals surface area contributed by atoms with Gasteiger partial charge in [-0.25, -0.2) is 0 Å². The summed E-state index contributed by atoms with van der Waals surface area (Å²) in [6.45, 7) is 4.09. The SMILES string of the molecule is C#Cc1cc(CC)c(C2=C(O)C3(CCC(OC)CC3)NC2=O)c(CC)c1. The molecular formula is C22H27NO3. The number of methoxy groups -OCH3 is 1. The lowest BCUT2D eigenvalue weighted by Crippen LogP contribution is -2.48. The van der Waals surface area contributed by atoms with E-state index in [9.17, 15) is 9.90 Å². The van der Waals surface area contributed by atoms with Gasteiger partial charge in [-0.3, -0.25) is 4.79 Å². The van der Waals surface area contributed by atoms with E-state index in [1.807, 2.05) is 26.0 Å². The zero-order chi connectivity index (χ0) is 18.9. The molecule has 2 aliphatic rings. The second kappa shape index (κ2) is 7.17.